The molecule has 0 saturated carbocycles. The van der Waals surface area contributed by atoms with Gasteiger partial charge in [-0.15, -0.1) is 0 Å². The summed E-state index contributed by atoms with van der Waals surface area (Å²) >= 11 is 6.05. The van der Waals surface area contributed by atoms with Crippen molar-refractivity contribution < 1.29 is 14.0 Å². The number of anilines is 4. The van der Waals surface area contributed by atoms with Gasteiger partial charge in [-0.1, -0.05) is 17.7 Å². The zero-order valence-corrected chi connectivity index (χ0v) is 24.4. The molecule has 1 atom stereocenters. The highest BCUT2D eigenvalue weighted by Crippen LogP contribution is 2.37. The molecule has 2 aromatic carbocycles. The molecule has 11 heteroatoms. The predicted octanol–water partition coefficient (Wildman–Crippen LogP) is 5.12. The third-order valence-electron chi connectivity index (χ3n) is 8.44. The third kappa shape index (κ3) is 6.21. The third-order valence-corrected chi connectivity index (χ3v) is 8.73. The fraction of sp³-hybridized carbons (Fsp3) is 0.467. The van der Waals surface area contributed by atoms with Gasteiger partial charge < -0.3 is 19.9 Å². The number of methoxy groups -OCH3 is 1. The number of hydrogen-bond donors (Lipinski definition) is 1. The van der Waals surface area contributed by atoms with E-state index in [2.05, 4.69) is 49.2 Å². The number of ether oxygens (including phenoxy) is 1. The number of hydroxylamine groups is 1. The zero-order chi connectivity index (χ0) is 28.3. The van der Waals surface area contributed by atoms with Gasteiger partial charge in [-0.2, -0.15) is 0 Å². The minimum Gasteiger partial charge on any atom is -0.494 e. The van der Waals surface area contributed by atoms with Gasteiger partial charge in [0.05, 0.1) is 30.5 Å². The molecule has 3 aliphatic rings. The maximum atomic E-state index is 13.7. The first-order chi connectivity index (χ1) is 20.0. The van der Waals surface area contributed by atoms with Crippen molar-refractivity contribution in [3.63, 3.8) is 0 Å². The summed E-state index contributed by atoms with van der Waals surface area (Å²) in [6.45, 7) is 7.27. The molecule has 3 fully saturated rings. The van der Waals surface area contributed by atoms with Crippen molar-refractivity contribution in [3.8, 4) is 5.75 Å². The van der Waals surface area contributed by atoms with Crippen LogP contribution in [0.1, 0.15) is 30.9 Å². The van der Waals surface area contributed by atoms with Crippen LogP contribution in [0.2, 0.25) is 5.02 Å². The molecule has 41 heavy (non-hydrogen) atoms. The number of likely N-dealkylation sites (N-methyl/N-ethyl adjacent to an activating group) is 1. The lowest BCUT2D eigenvalue weighted by atomic mass is 10.0. The van der Waals surface area contributed by atoms with E-state index in [0.29, 0.717) is 24.3 Å². The van der Waals surface area contributed by atoms with Crippen molar-refractivity contribution in [3.05, 3.63) is 65.2 Å². The van der Waals surface area contributed by atoms with Crippen LogP contribution in [-0.2, 0) is 4.84 Å². The van der Waals surface area contributed by atoms with Gasteiger partial charge in [-0.05, 0) is 49.7 Å². The number of hydrogen-bond acceptors (Lipinski definition) is 9. The number of aromatic nitrogens is 2. The highest BCUT2D eigenvalue weighted by Gasteiger charge is 2.30. The predicted molar refractivity (Wildman–Crippen MR) is 160 cm³/mol. The average Bonchev–Trinajstić information content (AvgIpc) is 3.50. The van der Waals surface area contributed by atoms with E-state index in [4.69, 9.17) is 21.2 Å². The summed E-state index contributed by atoms with van der Waals surface area (Å²) in [6.07, 6.45) is 4.59. The smallest absolute Gasteiger partial charge is 0.158 e. The topological polar surface area (TPSA) is 69.2 Å². The van der Waals surface area contributed by atoms with Crippen LogP contribution in [0.15, 0.2) is 48.8 Å². The molecule has 0 unspecified atom stereocenters. The number of rotatable bonds is 7. The van der Waals surface area contributed by atoms with Gasteiger partial charge >= 0.3 is 0 Å². The van der Waals surface area contributed by atoms with E-state index in [-0.39, 0.29) is 11.1 Å². The van der Waals surface area contributed by atoms with Crippen LogP contribution >= 0.6 is 11.6 Å². The number of piperazine rings is 1. The molecule has 1 N–H and O–H groups in total. The molecule has 0 radical (unpaired) electrons. The molecule has 3 saturated heterocycles. The fourth-order valence-corrected chi connectivity index (χ4v) is 6.24. The van der Waals surface area contributed by atoms with Crippen LogP contribution in [0.25, 0.3) is 0 Å². The van der Waals surface area contributed by atoms with E-state index in [9.17, 15) is 4.39 Å². The normalized spacial score (nSPS) is 20.9. The number of halogens is 2. The van der Waals surface area contributed by atoms with Crippen LogP contribution < -0.4 is 20.0 Å². The molecule has 9 nitrogen and oxygen atoms in total. The summed E-state index contributed by atoms with van der Waals surface area (Å²) < 4.78 is 19.5. The molecule has 0 bridgehead atoms. The first kappa shape index (κ1) is 28.0. The molecular formula is C30H37ClFN7O2. The van der Waals surface area contributed by atoms with Crippen LogP contribution in [0.5, 0.6) is 5.75 Å². The van der Waals surface area contributed by atoms with E-state index in [1.165, 1.54) is 44.0 Å². The van der Waals surface area contributed by atoms with E-state index in [1.54, 1.807) is 24.3 Å². The van der Waals surface area contributed by atoms with Crippen molar-refractivity contribution in [1.29, 1.82) is 0 Å². The standard InChI is InChI=1S/C30H37ClFN7O2/c1-36-12-14-38(15-13-36)22-7-10-37(11-8-22)23-4-6-26(28(18-23)40-2)35-29-19-30(34-20-33-29)39-27(9-16-41-39)21-3-5-25(32)24(31)17-21/h3-6,17-20,22,27H,7-16H2,1-2H3,(H,33,34,35)/t27-/m1/s1. The lowest BCUT2D eigenvalue weighted by Crippen LogP contribution is -2.52. The van der Waals surface area contributed by atoms with E-state index < -0.39 is 5.82 Å². The average molecular weight is 582 g/mol. The number of benzene rings is 2. The minimum absolute atomic E-state index is 0.0920. The Bertz CT molecular complexity index is 1350. The van der Waals surface area contributed by atoms with Crippen molar-refractivity contribution in [1.82, 2.24) is 19.8 Å². The minimum atomic E-state index is -0.440. The Balaban J connectivity index is 1.12. The van der Waals surface area contributed by atoms with E-state index in [0.717, 1.165) is 49.6 Å². The van der Waals surface area contributed by atoms with Crippen molar-refractivity contribution in [2.45, 2.75) is 31.3 Å². The van der Waals surface area contributed by atoms with Gasteiger partial charge in [0.25, 0.3) is 0 Å². The largest absolute Gasteiger partial charge is 0.494 e. The van der Waals surface area contributed by atoms with E-state index >= 15 is 0 Å². The summed E-state index contributed by atoms with van der Waals surface area (Å²) in [5, 5.41) is 5.21. The Kier molecular flexibility index (Phi) is 8.43. The van der Waals surface area contributed by atoms with Crippen molar-refractivity contribution in [2.75, 3.05) is 75.3 Å². The maximum absolute atomic E-state index is 13.7. The maximum Gasteiger partial charge on any atom is 0.158 e. The van der Waals surface area contributed by atoms with Gasteiger partial charge in [0, 0.05) is 69.6 Å². The second-order valence-electron chi connectivity index (χ2n) is 11.0. The van der Waals surface area contributed by atoms with E-state index in [1.807, 2.05) is 12.1 Å². The highest BCUT2D eigenvalue weighted by molar-refractivity contribution is 6.30. The molecule has 3 aliphatic heterocycles. The molecule has 218 valence electrons. The lowest BCUT2D eigenvalue weighted by molar-refractivity contribution is 0.0982. The van der Waals surface area contributed by atoms with Gasteiger partial charge in [0.1, 0.15) is 23.7 Å². The zero-order valence-electron chi connectivity index (χ0n) is 23.6. The van der Waals surface area contributed by atoms with Crippen LogP contribution in [0.4, 0.5) is 27.4 Å². The summed E-state index contributed by atoms with van der Waals surface area (Å²) in [7, 11) is 3.89. The summed E-state index contributed by atoms with van der Waals surface area (Å²) in [5.74, 6) is 1.52. The Morgan fingerprint density at radius 3 is 2.54 bits per heavy atom. The SMILES string of the molecule is COc1cc(N2CCC(N3CCN(C)CC3)CC2)ccc1Nc1cc(N2OCC[C@@H]2c2ccc(F)c(Cl)c2)ncn1. The van der Waals surface area contributed by atoms with Crippen LogP contribution in [-0.4, -0.2) is 85.8 Å². The van der Waals surface area contributed by atoms with Gasteiger partial charge in [-0.3, -0.25) is 9.74 Å². The Labute approximate surface area is 245 Å². The first-order valence-electron chi connectivity index (χ1n) is 14.3. The molecule has 0 amide bonds. The highest BCUT2D eigenvalue weighted by atomic mass is 35.5. The number of piperidine rings is 1. The molecule has 0 aliphatic carbocycles. The van der Waals surface area contributed by atoms with Gasteiger partial charge in [0.2, 0.25) is 0 Å². The second kappa shape index (κ2) is 12.4. The van der Waals surface area contributed by atoms with Crippen LogP contribution in [0.3, 0.4) is 0 Å². The lowest BCUT2D eigenvalue weighted by Gasteiger charge is -2.42. The number of nitrogens with zero attached hydrogens (tertiary/aromatic N) is 6. The molecule has 4 heterocycles. The molecule has 0 spiro atoms. The summed E-state index contributed by atoms with van der Waals surface area (Å²) in [5.41, 5.74) is 2.85. The Morgan fingerprint density at radius 1 is 0.976 bits per heavy atom. The number of nitrogens with one attached hydrogen (secondary N) is 1. The summed E-state index contributed by atoms with van der Waals surface area (Å²) in [6, 6.07) is 13.4. The first-order valence-corrected chi connectivity index (χ1v) is 14.7. The van der Waals surface area contributed by atoms with Gasteiger partial charge in [0.15, 0.2) is 5.82 Å². The Hall–Kier alpha value is -3.18. The molecule has 1 aromatic heterocycles. The summed E-state index contributed by atoms with van der Waals surface area (Å²) in [4.78, 5) is 22.3. The van der Waals surface area contributed by atoms with Crippen LogP contribution in [0, 0.1) is 5.82 Å². The Morgan fingerprint density at radius 2 is 1.78 bits per heavy atom. The quantitative estimate of drug-likeness (QED) is 0.409. The van der Waals surface area contributed by atoms with Crippen molar-refractivity contribution >= 4 is 34.6 Å². The molecule has 6 rings (SSSR count). The molecule has 3 aromatic rings. The van der Waals surface area contributed by atoms with Gasteiger partial charge in [-0.25, -0.2) is 19.4 Å². The monoisotopic (exact) mass is 581 g/mol. The van der Waals surface area contributed by atoms with Crippen molar-refractivity contribution in [2.24, 2.45) is 0 Å². The fourth-order valence-electron chi connectivity index (χ4n) is 6.05. The molecular weight excluding hydrogens is 545 g/mol. The second-order valence-corrected chi connectivity index (χ2v) is 11.4.